The fourth-order valence-electron chi connectivity index (χ4n) is 1.68. The largest absolute Gasteiger partial charge is 0.459 e. The Kier molecular flexibility index (Phi) is 1.58. The predicted molar refractivity (Wildman–Crippen MR) is 53.8 cm³/mol. The number of benzene rings is 1. The predicted octanol–water partition coefficient (Wildman–Crippen LogP) is 0.319. The molecule has 0 aliphatic carbocycles. The van der Waals surface area contributed by atoms with Gasteiger partial charge in [-0.1, -0.05) is 12.1 Å². The molecule has 2 aliphatic rings. The van der Waals surface area contributed by atoms with Crippen LogP contribution in [0.5, 0.6) is 5.75 Å². The second-order valence-electron chi connectivity index (χ2n) is 3.35. The highest BCUT2D eigenvalue weighted by atomic mass is 16.5. The van der Waals surface area contributed by atoms with E-state index in [1.165, 1.54) is 0 Å². The molecule has 0 bridgehead atoms. The van der Waals surface area contributed by atoms with Crippen molar-refractivity contribution in [2.45, 2.75) is 0 Å². The Balaban J connectivity index is 2.05. The van der Waals surface area contributed by atoms with E-state index >= 15 is 0 Å². The van der Waals surface area contributed by atoms with Crippen molar-refractivity contribution in [3.63, 3.8) is 0 Å². The molecular weight excluding hydrogens is 194 g/mol. The van der Waals surface area contributed by atoms with Crippen LogP contribution >= 0.6 is 0 Å². The maximum atomic E-state index is 11.2. The van der Waals surface area contributed by atoms with Gasteiger partial charge >= 0.3 is 0 Å². The van der Waals surface area contributed by atoms with Crippen molar-refractivity contribution < 1.29 is 9.53 Å². The molecule has 0 saturated carbocycles. The molecule has 2 aliphatic heterocycles. The molecule has 1 amide bonds. The third-order valence-corrected chi connectivity index (χ3v) is 2.38. The Labute approximate surface area is 86.3 Å². The summed E-state index contributed by atoms with van der Waals surface area (Å²) in [5.41, 5.74) is 6.21. The number of fused-ring (bicyclic) bond motifs is 3. The van der Waals surface area contributed by atoms with E-state index in [0.717, 1.165) is 17.3 Å². The van der Waals surface area contributed by atoms with E-state index in [-0.39, 0.29) is 5.91 Å². The summed E-state index contributed by atoms with van der Waals surface area (Å²) in [6.45, 7) is 0.305. The van der Waals surface area contributed by atoms with Crippen LogP contribution in [-0.4, -0.2) is 12.5 Å². The highest BCUT2D eigenvalue weighted by Crippen LogP contribution is 2.33. The molecule has 1 aromatic rings. The summed E-state index contributed by atoms with van der Waals surface area (Å²) >= 11 is 0. The van der Waals surface area contributed by atoms with Gasteiger partial charge in [0.25, 0.3) is 5.91 Å². The second-order valence-corrected chi connectivity index (χ2v) is 3.35. The molecule has 0 unspecified atom stereocenters. The molecule has 0 spiro atoms. The van der Waals surface area contributed by atoms with E-state index < -0.39 is 0 Å². The SMILES string of the molecule is O=C1CN2C(=COc3ccccc32)NN1. The number of ether oxygens (including phenoxy) is 1. The molecule has 2 N–H and O–H groups in total. The highest BCUT2D eigenvalue weighted by Gasteiger charge is 2.26. The Morgan fingerprint density at radius 1 is 1.27 bits per heavy atom. The maximum Gasteiger partial charge on any atom is 0.258 e. The van der Waals surface area contributed by atoms with E-state index in [1.54, 1.807) is 6.26 Å². The average molecular weight is 203 g/mol. The first-order valence-corrected chi connectivity index (χ1v) is 4.63. The van der Waals surface area contributed by atoms with Gasteiger partial charge in [0.1, 0.15) is 18.6 Å². The summed E-state index contributed by atoms with van der Waals surface area (Å²) in [4.78, 5) is 13.1. The van der Waals surface area contributed by atoms with Crippen molar-refractivity contribution in [1.82, 2.24) is 10.9 Å². The zero-order valence-corrected chi connectivity index (χ0v) is 7.86. The van der Waals surface area contributed by atoms with Crippen LogP contribution in [0.15, 0.2) is 36.3 Å². The number of anilines is 1. The molecule has 76 valence electrons. The number of hydrogen-bond acceptors (Lipinski definition) is 4. The lowest BCUT2D eigenvalue weighted by Crippen LogP contribution is -2.54. The first-order valence-electron chi connectivity index (χ1n) is 4.63. The van der Waals surface area contributed by atoms with Gasteiger partial charge in [0, 0.05) is 0 Å². The molecule has 1 fully saturated rings. The van der Waals surface area contributed by atoms with Crippen molar-refractivity contribution in [3.05, 3.63) is 36.3 Å². The Bertz CT molecular complexity index is 456. The van der Waals surface area contributed by atoms with Gasteiger partial charge in [0.2, 0.25) is 0 Å². The molecule has 0 atom stereocenters. The van der Waals surface area contributed by atoms with Gasteiger partial charge in [-0.05, 0) is 12.1 Å². The summed E-state index contributed by atoms with van der Waals surface area (Å²) in [5, 5.41) is 0. The lowest BCUT2D eigenvalue weighted by molar-refractivity contribution is -0.121. The summed E-state index contributed by atoms with van der Waals surface area (Å²) in [7, 11) is 0. The molecule has 1 aromatic carbocycles. The van der Waals surface area contributed by atoms with Crippen LogP contribution in [0.25, 0.3) is 0 Å². The third kappa shape index (κ3) is 1.20. The molecule has 1 saturated heterocycles. The van der Waals surface area contributed by atoms with Gasteiger partial charge in [0.05, 0.1) is 5.69 Å². The second kappa shape index (κ2) is 2.91. The van der Waals surface area contributed by atoms with Crippen molar-refractivity contribution in [2.24, 2.45) is 0 Å². The normalized spacial score (nSPS) is 17.7. The monoisotopic (exact) mass is 203 g/mol. The molecule has 3 rings (SSSR count). The highest BCUT2D eigenvalue weighted by molar-refractivity contribution is 5.85. The number of nitrogens with one attached hydrogen (secondary N) is 2. The van der Waals surface area contributed by atoms with Crippen LogP contribution in [0.4, 0.5) is 5.69 Å². The number of carbonyl (C=O) groups is 1. The number of rotatable bonds is 0. The van der Waals surface area contributed by atoms with Gasteiger partial charge in [0.15, 0.2) is 5.82 Å². The molecule has 0 aromatic heterocycles. The van der Waals surface area contributed by atoms with Crippen molar-refractivity contribution in [1.29, 1.82) is 0 Å². The number of hydrazine groups is 1. The summed E-state index contributed by atoms with van der Waals surface area (Å²) in [5.74, 6) is 1.44. The van der Waals surface area contributed by atoms with E-state index in [1.807, 2.05) is 29.2 Å². The van der Waals surface area contributed by atoms with Crippen LogP contribution in [0.2, 0.25) is 0 Å². The summed E-state index contributed by atoms with van der Waals surface area (Å²) in [6.07, 6.45) is 1.59. The first kappa shape index (κ1) is 8.16. The Hall–Kier alpha value is -2.17. The van der Waals surface area contributed by atoms with Crippen molar-refractivity contribution in [3.8, 4) is 5.75 Å². The van der Waals surface area contributed by atoms with E-state index in [9.17, 15) is 4.79 Å². The van der Waals surface area contributed by atoms with E-state index in [4.69, 9.17) is 4.74 Å². The van der Waals surface area contributed by atoms with Gasteiger partial charge in [-0.15, -0.1) is 0 Å². The lowest BCUT2D eigenvalue weighted by atomic mass is 10.2. The number of hydrogen-bond donors (Lipinski definition) is 2. The Morgan fingerprint density at radius 3 is 3.07 bits per heavy atom. The van der Waals surface area contributed by atoms with Crippen molar-refractivity contribution in [2.75, 3.05) is 11.4 Å². The fraction of sp³-hybridized carbons (Fsp3) is 0.100. The number of nitrogens with zero attached hydrogens (tertiary/aromatic N) is 1. The molecule has 15 heavy (non-hydrogen) atoms. The van der Waals surface area contributed by atoms with Gasteiger partial charge < -0.3 is 9.64 Å². The summed E-state index contributed by atoms with van der Waals surface area (Å²) < 4.78 is 5.41. The molecule has 2 heterocycles. The van der Waals surface area contributed by atoms with Gasteiger partial charge in [-0.2, -0.15) is 0 Å². The molecule has 5 nitrogen and oxygen atoms in total. The molecule has 5 heteroatoms. The minimum absolute atomic E-state index is 0.0659. The van der Waals surface area contributed by atoms with Gasteiger partial charge in [-0.3, -0.25) is 15.6 Å². The zero-order chi connectivity index (χ0) is 10.3. The van der Waals surface area contributed by atoms with Crippen molar-refractivity contribution >= 4 is 11.6 Å². The Morgan fingerprint density at radius 2 is 2.13 bits per heavy atom. The van der Waals surface area contributed by atoms with Gasteiger partial charge in [-0.25, -0.2) is 0 Å². The minimum Gasteiger partial charge on any atom is -0.459 e. The third-order valence-electron chi connectivity index (χ3n) is 2.38. The van der Waals surface area contributed by atoms with E-state index in [0.29, 0.717) is 6.54 Å². The molecular formula is C10H9N3O2. The average Bonchev–Trinajstić information content (AvgIpc) is 2.29. The zero-order valence-electron chi connectivity index (χ0n) is 7.86. The lowest BCUT2D eigenvalue weighted by Gasteiger charge is -2.34. The quantitative estimate of drug-likeness (QED) is 0.637. The topological polar surface area (TPSA) is 53.6 Å². The number of para-hydroxylation sites is 2. The fourth-order valence-corrected chi connectivity index (χ4v) is 1.68. The molecule has 0 radical (unpaired) electrons. The maximum absolute atomic E-state index is 11.2. The number of amides is 1. The summed E-state index contributed by atoms with van der Waals surface area (Å²) in [6, 6.07) is 7.60. The standard InChI is InChI=1S/C10H9N3O2/c14-10-5-13-7-3-1-2-4-8(7)15-6-9(13)11-12-10/h1-4,6,11H,5H2,(H,12,14). The van der Waals surface area contributed by atoms with Crippen LogP contribution in [-0.2, 0) is 4.79 Å². The van der Waals surface area contributed by atoms with Crippen LogP contribution in [0.3, 0.4) is 0 Å². The van der Waals surface area contributed by atoms with Crippen LogP contribution in [0, 0.1) is 0 Å². The van der Waals surface area contributed by atoms with Crippen LogP contribution < -0.4 is 20.5 Å². The smallest absolute Gasteiger partial charge is 0.258 e. The van der Waals surface area contributed by atoms with E-state index in [2.05, 4.69) is 10.9 Å². The van der Waals surface area contributed by atoms with Crippen LogP contribution in [0.1, 0.15) is 0 Å². The first-order chi connectivity index (χ1) is 7.34. The number of carbonyl (C=O) groups excluding carboxylic acids is 1. The minimum atomic E-state index is -0.0659.